The Morgan fingerprint density at radius 3 is 2.61 bits per heavy atom. The summed E-state index contributed by atoms with van der Waals surface area (Å²) in [6.07, 6.45) is 0. The molecule has 0 aromatic heterocycles. The molecule has 0 fully saturated rings. The second-order valence-corrected chi connectivity index (χ2v) is 7.57. The van der Waals surface area contributed by atoms with E-state index in [1.807, 2.05) is 11.8 Å². The normalized spacial score (nSPS) is 18.8. The fraction of sp³-hybridized carbons (Fsp3) is 0.533. The topological polar surface area (TPSA) is 38.4 Å². The largest absolute Gasteiger partial charge is 0.383 e. The van der Waals surface area contributed by atoms with E-state index in [9.17, 15) is 0 Å². The number of hydrogen-bond donors (Lipinski definition) is 1. The molecule has 0 radical (unpaired) electrons. The number of nitrogens with two attached hydrogens (primary N) is 1. The van der Waals surface area contributed by atoms with E-state index in [1.165, 1.54) is 10.5 Å². The summed E-state index contributed by atoms with van der Waals surface area (Å²) in [6.45, 7) is 10.8. The van der Waals surface area contributed by atoms with Gasteiger partial charge in [-0.3, -0.25) is 4.99 Å². The van der Waals surface area contributed by atoms with Gasteiger partial charge in [0.2, 0.25) is 0 Å². The molecule has 0 amide bonds. The first-order valence-corrected chi connectivity index (χ1v) is 7.31. The van der Waals surface area contributed by atoms with Crippen LogP contribution in [0.2, 0.25) is 0 Å². The highest BCUT2D eigenvalue weighted by atomic mass is 32.2. The Bertz CT molecular complexity index is 496. The second-order valence-electron chi connectivity index (χ2n) is 6.55. The molecule has 0 spiro atoms. The summed E-state index contributed by atoms with van der Waals surface area (Å²) >= 11 is 1.93. The highest BCUT2D eigenvalue weighted by molar-refractivity contribution is 7.99. The van der Waals surface area contributed by atoms with Crippen molar-refractivity contribution in [2.75, 3.05) is 5.75 Å². The Kier molecular flexibility index (Phi) is 3.22. The van der Waals surface area contributed by atoms with Crippen molar-refractivity contribution in [1.82, 2.24) is 0 Å². The van der Waals surface area contributed by atoms with Crippen LogP contribution in [0.5, 0.6) is 0 Å². The third-order valence-corrected chi connectivity index (χ3v) is 4.58. The van der Waals surface area contributed by atoms with Gasteiger partial charge in [-0.2, -0.15) is 0 Å². The Morgan fingerprint density at radius 1 is 1.33 bits per heavy atom. The minimum absolute atomic E-state index is 0.132. The van der Waals surface area contributed by atoms with Gasteiger partial charge in [0, 0.05) is 21.6 Å². The molecule has 2 nitrogen and oxygen atoms in total. The van der Waals surface area contributed by atoms with Gasteiger partial charge in [-0.25, -0.2) is 0 Å². The fourth-order valence-corrected chi connectivity index (χ4v) is 3.43. The molecular formula is C15H22N2S. The average molecular weight is 262 g/mol. The van der Waals surface area contributed by atoms with E-state index in [4.69, 9.17) is 5.73 Å². The number of benzene rings is 1. The zero-order chi connectivity index (χ0) is 13.6. The minimum Gasteiger partial charge on any atom is -0.383 e. The molecule has 2 rings (SSSR count). The SMILES string of the molecule is CC(C)(C)N=C(N)c1ccc2c(c1)C(C)(C)CS2. The van der Waals surface area contributed by atoms with Crippen molar-refractivity contribution in [2.24, 2.45) is 10.7 Å². The third-order valence-electron chi connectivity index (χ3n) is 3.05. The highest BCUT2D eigenvalue weighted by Gasteiger charge is 2.30. The fourth-order valence-electron chi connectivity index (χ4n) is 2.11. The minimum atomic E-state index is -0.132. The molecule has 1 aromatic rings. The number of hydrogen-bond acceptors (Lipinski definition) is 2. The Hall–Kier alpha value is -0.960. The number of fused-ring (bicyclic) bond motifs is 1. The number of thioether (sulfide) groups is 1. The first-order valence-electron chi connectivity index (χ1n) is 6.32. The highest BCUT2D eigenvalue weighted by Crippen LogP contribution is 2.43. The third kappa shape index (κ3) is 2.72. The van der Waals surface area contributed by atoms with Crippen LogP contribution in [0.3, 0.4) is 0 Å². The van der Waals surface area contributed by atoms with Crippen LogP contribution in [0.1, 0.15) is 45.7 Å². The van der Waals surface area contributed by atoms with Gasteiger partial charge >= 0.3 is 0 Å². The van der Waals surface area contributed by atoms with E-state index in [-0.39, 0.29) is 11.0 Å². The van der Waals surface area contributed by atoms with E-state index in [0.717, 1.165) is 11.3 Å². The van der Waals surface area contributed by atoms with Gasteiger partial charge in [-0.05, 0) is 38.5 Å². The number of rotatable bonds is 1. The maximum atomic E-state index is 6.11. The lowest BCUT2D eigenvalue weighted by Gasteiger charge is -2.19. The summed E-state index contributed by atoms with van der Waals surface area (Å²) in [5.41, 5.74) is 8.65. The smallest absolute Gasteiger partial charge is 0.126 e. The predicted octanol–water partition coefficient (Wildman–Crippen LogP) is 3.57. The molecule has 2 N–H and O–H groups in total. The second kappa shape index (κ2) is 4.30. The first kappa shape index (κ1) is 13.5. The maximum absolute atomic E-state index is 6.11. The molecule has 1 aromatic carbocycles. The molecule has 1 aliphatic heterocycles. The van der Waals surface area contributed by atoms with Gasteiger partial charge in [0.15, 0.2) is 0 Å². The van der Waals surface area contributed by atoms with Gasteiger partial charge in [0.25, 0.3) is 0 Å². The van der Waals surface area contributed by atoms with E-state index in [0.29, 0.717) is 5.84 Å². The molecule has 0 atom stereocenters. The summed E-state index contributed by atoms with van der Waals surface area (Å²) < 4.78 is 0. The van der Waals surface area contributed by atoms with Gasteiger partial charge in [0.05, 0.1) is 5.54 Å². The molecule has 0 bridgehead atoms. The summed E-state index contributed by atoms with van der Waals surface area (Å²) in [4.78, 5) is 5.92. The standard InChI is InChI=1S/C15H22N2S/c1-14(2,3)17-13(16)10-6-7-12-11(8-10)15(4,5)9-18-12/h6-8H,9H2,1-5H3,(H2,16,17). The first-order chi connectivity index (χ1) is 8.19. The van der Waals surface area contributed by atoms with Gasteiger partial charge in [0.1, 0.15) is 5.84 Å². The lowest BCUT2D eigenvalue weighted by atomic mass is 9.86. The van der Waals surface area contributed by atoms with Crippen LogP contribution in [0, 0.1) is 0 Å². The number of nitrogens with zero attached hydrogens (tertiary/aromatic N) is 1. The van der Waals surface area contributed by atoms with Crippen LogP contribution in [0.15, 0.2) is 28.1 Å². The molecule has 1 aliphatic rings. The molecule has 0 saturated heterocycles. The van der Waals surface area contributed by atoms with Crippen LogP contribution >= 0.6 is 11.8 Å². The zero-order valence-electron chi connectivity index (χ0n) is 11.9. The zero-order valence-corrected chi connectivity index (χ0v) is 12.7. The number of amidine groups is 1. The van der Waals surface area contributed by atoms with Crippen molar-refractivity contribution in [3.63, 3.8) is 0 Å². The van der Waals surface area contributed by atoms with E-state index in [1.54, 1.807) is 0 Å². The van der Waals surface area contributed by atoms with E-state index < -0.39 is 0 Å². The summed E-state index contributed by atoms with van der Waals surface area (Å²) in [5.74, 6) is 1.78. The van der Waals surface area contributed by atoms with Crippen molar-refractivity contribution in [1.29, 1.82) is 0 Å². The molecular weight excluding hydrogens is 240 g/mol. The lowest BCUT2D eigenvalue weighted by molar-refractivity contribution is 0.583. The quantitative estimate of drug-likeness (QED) is 0.620. The van der Waals surface area contributed by atoms with Crippen LogP contribution in [-0.4, -0.2) is 17.1 Å². The monoisotopic (exact) mass is 262 g/mol. The van der Waals surface area contributed by atoms with Gasteiger partial charge in [-0.1, -0.05) is 19.9 Å². The van der Waals surface area contributed by atoms with Crippen LogP contribution in [0.4, 0.5) is 0 Å². The molecule has 0 saturated carbocycles. The van der Waals surface area contributed by atoms with Crippen molar-refractivity contribution < 1.29 is 0 Å². The van der Waals surface area contributed by atoms with Crippen LogP contribution < -0.4 is 5.73 Å². The summed E-state index contributed by atoms with van der Waals surface area (Å²) in [5, 5.41) is 0. The van der Waals surface area contributed by atoms with Crippen molar-refractivity contribution in [2.45, 2.75) is 50.5 Å². The molecule has 98 valence electrons. The molecule has 18 heavy (non-hydrogen) atoms. The molecule has 0 unspecified atom stereocenters. The lowest BCUT2D eigenvalue weighted by Crippen LogP contribution is -2.22. The Morgan fingerprint density at radius 2 is 2.00 bits per heavy atom. The summed E-state index contributed by atoms with van der Waals surface area (Å²) in [6, 6.07) is 6.47. The van der Waals surface area contributed by atoms with E-state index in [2.05, 4.69) is 57.8 Å². The Balaban J connectivity index is 2.42. The van der Waals surface area contributed by atoms with Gasteiger partial charge < -0.3 is 5.73 Å². The Labute approximate surface area is 114 Å². The van der Waals surface area contributed by atoms with Crippen LogP contribution in [-0.2, 0) is 5.41 Å². The molecule has 1 heterocycles. The predicted molar refractivity (Wildman–Crippen MR) is 80.7 cm³/mol. The maximum Gasteiger partial charge on any atom is 0.126 e. The van der Waals surface area contributed by atoms with Gasteiger partial charge in [-0.15, -0.1) is 11.8 Å². The van der Waals surface area contributed by atoms with Crippen molar-refractivity contribution >= 4 is 17.6 Å². The number of aliphatic imine (C=N–C) groups is 1. The van der Waals surface area contributed by atoms with Crippen LogP contribution in [0.25, 0.3) is 0 Å². The summed E-state index contributed by atoms with van der Waals surface area (Å²) in [7, 11) is 0. The average Bonchev–Trinajstić information content (AvgIpc) is 2.52. The van der Waals surface area contributed by atoms with E-state index >= 15 is 0 Å². The molecule has 3 heteroatoms. The molecule has 0 aliphatic carbocycles. The van der Waals surface area contributed by atoms with Crippen molar-refractivity contribution in [3.05, 3.63) is 29.3 Å². The van der Waals surface area contributed by atoms with Crippen molar-refractivity contribution in [3.8, 4) is 0 Å².